The molecule has 0 bridgehead atoms. The summed E-state index contributed by atoms with van der Waals surface area (Å²) in [5.41, 5.74) is 1.21. The van der Waals surface area contributed by atoms with Crippen LogP contribution in [0.1, 0.15) is 12.8 Å². The van der Waals surface area contributed by atoms with Crippen LogP contribution in [-0.2, 0) is 0 Å². The van der Waals surface area contributed by atoms with E-state index in [1.165, 1.54) is 31.6 Å². The highest BCUT2D eigenvalue weighted by Crippen LogP contribution is 2.10. The number of likely N-dealkylation sites (tertiary alicyclic amines) is 1. The van der Waals surface area contributed by atoms with Gasteiger partial charge in [0.2, 0.25) is 0 Å². The first-order chi connectivity index (χ1) is 5.45. The summed E-state index contributed by atoms with van der Waals surface area (Å²) in [5, 5.41) is 4.24. The van der Waals surface area contributed by atoms with E-state index in [4.69, 9.17) is 0 Å². The van der Waals surface area contributed by atoms with Gasteiger partial charge in [0.15, 0.2) is 0 Å². The molecule has 0 spiro atoms. The average Bonchev–Trinajstić information content (AvgIpc) is 2.60. The molecular weight excluding hydrogens is 136 g/mol. The first-order valence-corrected chi connectivity index (χ1v) is 4.24. The lowest BCUT2D eigenvalue weighted by molar-refractivity contribution is 0.363. The molecule has 1 fully saturated rings. The summed E-state index contributed by atoms with van der Waals surface area (Å²) in [7, 11) is 0. The molecule has 0 amide bonds. The third kappa shape index (κ3) is 1.63. The van der Waals surface area contributed by atoms with Crippen LogP contribution in [0.25, 0.3) is 0 Å². The zero-order valence-corrected chi connectivity index (χ0v) is 6.66. The van der Waals surface area contributed by atoms with Crippen molar-refractivity contribution >= 4 is 0 Å². The van der Waals surface area contributed by atoms with Gasteiger partial charge in [-0.15, -0.1) is 0 Å². The standard InChI is InChI=1S/C9H13N2/c1-2-7-11(6-1)8-9-4-3-5-10-9/h3-5H,1-2,6-8H2. The summed E-state index contributed by atoms with van der Waals surface area (Å²) in [4.78, 5) is 2.46. The Morgan fingerprint density at radius 1 is 1.36 bits per heavy atom. The molecule has 0 aromatic carbocycles. The third-order valence-electron chi connectivity index (χ3n) is 2.20. The smallest absolute Gasteiger partial charge is 0.0544 e. The van der Waals surface area contributed by atoms with Gasteiger partial charge in [-0.1, -0.05) is 0 Å². The number of hydrogen-bond acceptors (Lipinski definition) is 1. The highest BCUT2D eigenvalue weighted by atomic mass is 15.2. The molecule has 11 heavy (non-hydrogen) atoms. The zero-order chi connectivity index (χ0) is 7.52. The predicted molar refractivity (Wildman–Crippen MR) is 45.0 cm³/mol. The van der Waals surface area contributed by atoms with Crippen molar-refractivity contribution in [3.8, 4) is 0 Å². The molecule has 1 saturated heterocycles. The van der Waals surface area contributed by atoms with Crippen molar-refractivity contribution in [2.45, 2.75) is 12.8 Å². The summed E-state index contributed by atoms with van der Waals surface area (Å²) in [6.45, 7) is 3.56. The molecule has 2 aliphatic rings. The SMILES string of the molecule is C1=C[N]C(CN2CCCC2)=C1. The Bertz CT molecular complexity index is 188. The van der Waals surface area contributed by atoms with Gasteiger partial charge >= 0.3 is 0 Å². The largest absolute Gasteiger partial charge is 0.298 e. The maximum atomic E-state index is 4.24. The van der Waals surface area contributed by atoms with E-state index < -0.39 is 0 Å². The lowest BCUT2D eigenvalue weighted by atomic mass is 10.4. The quantitative estimate of drug-likeness (QED) is 0.574. The van der Waals surface area contributed by atoms with E-state index in [1.807, 2.05) is 12.3 Å². The van der Waals surface area contributed by atoms with E-state index in [0.29, 0.717) is 0 Å². The van der Waals surface area contributed by atoms with Crippen LogP contribution in [0.4, 0.5) is 0 Å². The second kappa shape index (κ2) is 3.09. The number of nitrogens with zero attached hydrogens (tertiary/aromatic N) is 2. The number of hydrogen-bond donors (Lipinski definition) is 0. The molecule has 2 heteroatoms. The molecule has 1 radical (unpaired) electrons. The van der Waals surface area contributed by atoms with Crippen molar-refractivity contribution in [3.63, 3.8) is 0 Å². The normalized spacial score (nSPS) is 23.8. The van der Waals surface area contributed by atoms with Crippen molar-refractivity contribution in [3.05, 3.63) is 24.0 Å². The maximum absolute atomic E-state index is 4.24. The molecule has 59 valence electrons. The monoisotopic (exact) mass is 149 g/mol. The Balaban J connectivity index is 1.81. The van der Waals surface area contributed by atoms with Gasteiger partial charge in [-0.05, 0) is 38.1 Å². The van der Waals surface area contributed by atoms with E-state index in [-0.39, 0.29) is 0 Å². The minimum Gasteiger partial charge on any atom is -0.298 e. The fourth-order valence-electron chi connectivity index (χ4n) is 1.60. The van der Waals surface area contributed by atoms with Crippen molar-refractivity contribution in [2.75, 3.05) is 19.6 Å². The van der Waals surface area contributed by atoms with E-state index >= 15 is 0 Å². The Labute approximate surface area is 67.6 Å². The van der Waals surface area contributed by atoms with Crippen LogP contribution in [-0.4, -0.2) is 24.5 Å². The second-order valence-corrected chi connectivity index (χ2v) is 3.11. The first kappa shape index (κ1) is 6.92. The third-order valence-corrected chi connectivity index (χ3v) is 2.20. The van der Waals surface area contributed by atoms with E-state index in [0.717, 1.165) is 6.54 Å². The Hall–Kier alpha value is -0.760. The van der Waals surface area contributed by atoms with Gasteiger partial charge in [-0.3, -0.25) is 10.2 Å². The van der Waals surface area contributed by atoms with Crippen LogP contribution in [0.3, 0.4) is 0 Å². The van der Waals surface area contributed by atoms with Gasteiger partial charge in [0.05, 0.1) is 5.70 Å². The lowest BCUT2D eigenvalue weighted by Crippen LogP contribution is -2.23. The number of allylic oxidation sites excluding steroid dienone is 2. The van der Waals surface area contributed by atoms with E-state index in [9.17, 15) is 0 Å². The van der Waals surface area contributed by atoms with Gasteiger partial charge < -0.3 is 0 Å². The number of rotatable bonds is 2. The topological polar surface area (TPSA) is 17.3 Å². The summed E-state index contributed by atoms with van der Waals surface area (Å²) in [6, 6.07) is 0. The highest BCUT2D eigenvalue weighted by molar-refractivity contribution is 5.20. The first-order valence-electron chi connectivity index (χ1n) is 4.24. The molecule has 0 aromatic heterocycles. The fraction of sp³-hybridized carbons (Fsp3) is 0.556. The molecule has 2 heterocycles. The molecular formula is C9H13N2. The summed E-state index contributed by atoms with van der Waals surface area (Å²) in [5.74, 6) is 0. The Morgan fingerprint density at radius 3 is 2.82 bits per heavy atom. The van der Waals surface area contributed by atoms with Gasteiger partial charge in [0.25, 0.3) is 0 Å². The van der Waals surface area contributed by atoms with Crippen LogP contribution in [0.2, 0.25) is 0 Å². The summed E-state index contributed by atoms with van der Waals surface area (Å²) in [6.07, 6.45) is 8.69. The average molecular weight is 149 g/mol. The molecule has 2 rings (SSSR count). The summed E-state index contributed by atoms with van der Waals surface area (Å²) >= 11 is 0. The van der Waals surface area contributed by atoms with Crippen molar-refractivity contribution in [1.29, 1.82) is 0 Å². The van der Waals surface area contributed by atoms with Gasteiger partial charge in [0, 0.05) is 12.7 Å². The zero-order valence-electron chi connectivity index (χ0n) is 6.66. The van der Waals surface area contributed by atoms with Crippen LogP contribution in [0.5, 0.6) is 0 Å². The Kier molecular flexibility index (Phi) is 1.95. The van der Waals surface area contributed by atoms with Crippen molar-refractivity contribution < 1.29 is 0 Å². The van der Waals surface area contributed by atoms with Crippen LogP contribution >= 0.6 is 0 Å². The summed E-state index contributed by atoms with van der Waals surface area (Å²) < 4.78 is 0. The minimum atomic E-state index is 1.05. The second-order valence-electron chi connectivity index (χ2n) is 3.11. The minimum absolute atomic E-state index is 1.05. The molecule has 0 saturated carbocycles. The highest BCUT2D eigenvalue weighted by Gasteiger charge is 2.13. The molecule has 0 aromatic rings. The molecule has 0 aliphatic carbocycles. The molecule has 0 N–H and O–H groups in total. The van der Waals surface area contributed by atoms with Gasteiger partial charge in [-0.2, -0.15) is 0 Å². The van der Waals surface area contributed by atoms with Gasteiger partial charge in [-0.25, -0.2) is 0 Å². The van der Waals surface area contributed by atoms with E-state index in [1.54, 1.807) is 0 Å². The van der Waals surface area contributed by atoms with E-state index in [2.05, 4.69) is 16.3 Å². The van der Waals surface area contributed by atoms with Gasteiger partial charge in [0.1, 0.15) is 0 Å². The van der Waals surface area contributed by atoms with Crippen LogP contribution in [0, 0.1) is 0 Å². The van der Waals surface area contributed by atoms with Crippen LogP contribution < -0.4 is 5.32 Å². The maximum Gasteiger partial charge on any atom is 0.0544 e. The Morgan fingerprint density at radius 2 is 2.18 bits per heavy atom. The fourth-order valence-corrected chi connectivity index (χ4v) is 1.60. The van der Waals surface area contributed by atoms with Crippen LogP contribution in [0.15, 0.2) is 24.0 Å². The molecule has 0 unspecified atom stereocenters. The predicted octanol–water partition coefficient (Wildman–Crippen LogP) is 1.10. The van der Waals surface area contributed by atoms with Crippen molar-refractivity contribution in [1.82, 2.24) is 10.2 Å². The lowest BCUT2D eigenvalue weighted by Gasteiger charge is -2.13. The molecule has 0 atom stereocenters. The molecule has 2 aliphatic heterocycles. The van der Waals surface area contributed by atoms with Crippen molar-refractivity contribution in [2.24, 2.45) is 0 Å². The molecule has 2 nitrogen and oxygen atoms in total.